The van der Waals surface area contributed by atoms with Crippen LogP contribution >= 0.6 is 0 Å². The monoisotopic (exact) mass is 325 g/mol. The number of fused-ring (bicyclic) bond motifs is 1. The summed E-state index contributed by atoms with van der Waals surface area (Å²) in [4.78, 5) is 26.8. The van der Waals surface area contributed by atoms with Gasteiger partial charge in [0.2, 0.25) is 0 Å². The normalized spacial score (nSPS) is 31.3. The molecule has 0 saturated carbocycles. The Bertz CT molecular complexity index is 702. The van der Waals surface area contributed by atoms with Gasteiger partial charge in [-0.15, -0.1) is 0 Å². The third-order valence-electron chi connectivity index (χ3n) is 5.67. The fourth-order valence-electron chi connectivity index (χ4n) is 4.83. The fourth-order valence-corrected chi connectivity index (χ4v) is 4.83. The molecule has 24 heavy (non-hydrogen) atoms. The number of ether oxygens (including phenoxy) is 1. The third kappa shape index (κ3) is 2.45. The molecule has 2 atom stereocenters. The van der Waals surface area contributed by atoms with Gasteiger partial charge in [0.05, 0.1) is 11.3 Å². The number of carbonyl (C=O) groups excluding carboxylic acids is 2. The Hall–Kier alpha value is -2.10. The largest absolute Gasteiger partial charge is 0.459 e. The summed E-state index contributed by atoms with van der Waals surface area (Å²) in [5.41, 5.74) is 3.44. The number of allylic oxidation sites excluding steroid dienone is 1. The van der Waals surface area contributed by atoms with Crippen LogP contribution in [0.25, 0.3) is 0 Å². The van der Waals surface area contributed by atoms with Crippen LogP contribution in [0.1, 0.15) is 47.2 Å². The van der Waals surface area contributed by atoms with E-state index in [1.807, 2.05) is 26.0 Å². The van der Waals surface area contributed by atoms with Gasteiger partial charge >= 0.3 is 5.97 Å². The quantitative estimate of drug-likeness (QED) is 0.619. The lowest BCUT2D eigenvalue weighted by molar-refractivity contribution is -0.136. The van der Waals surface area contributed by atoms with Crippen LogP contribution in [0.5, 0.6) is 0 Å². The molecular formula is C20H23NO3. The van der Waals surface area contributed by atoms with Crippen molar-refractivity contribution in [2.45, 2.75) is 57.7 Å². The van der Waals surface area contributed by atoms with E-state index in [1.54, 1.807) is 0 Å². The number of carbonyl (C=O) groups is 2. The maximum absolute atomic E-state index is 12.5. The molecule has 0 radical (unpaired) electrons. The number of hydrogen-bond donors (Lipinski definition) is 0. The lowest BCUT2D eigenvalue weighted by Crippen LogP contribution is -2.61. The van der Waals surface area contributed by atoms with Crippen molar-refractivity contribution in [3.8, 4) is 0 Å². The molecule has 0 aromatic heterocycles. The van der Waals surface area contributed by atoms with Crippen molar-refractivity contribution in [1.82, 2.24) is 4.90 Å². The second-order valence-corrected chi connectivity index (χ2v) is 7.57. The Morgan fingerprint density at radius 2 is 1.67 bits per heavy atom. The SMILES string of the molecule is C=C1C(=O)C2CC3CC(OC(=O)c4cc(C)cc(C)c4)CC(C2)N13. The molecule has 0 amide bonds. The predicted molar refractivity (Wildman–Crippen MR) is 90.6 cm³/mol. The number of Topliss-reactive ketones (excluding diaryl/α,β-unsaturated/α-hetero) is 1. The molecule has 0 spiro atoms. The average Bonchev–Trinajstić information content (AvgIpc) is 2.49. The third-order valence-corrected chi connectivity index (χ3v) is 5.67. The van der Waals surface area contributed by atoms with Crippen molar-refractivity contribution < 1.29 is 14.3 Å². The van der Waals surface area contributed by atoms with Gasteiger partial charge in [0, 0.05) is 30.8 Å². The van der Waals surface area contributed by atoms with Gasteiger partial charge in [0.1, 0.15) is 6.10 Å². The van der Waals surface area contributed by atoms with E-state index in [2.05, 4.69) is 17.5 Å². The Kier molecular flexibility index (Phi) is 3.52. The Labute approximate surface area is 142 Å². The van der Waals surface area contributed by atoms with Crippen LogP contribution in [0.3, 0.4) is 0 Å². The lowest BCUT2D eigenvalue weighted by Gasteiger charge is -2.56. The average molecular weight is 325 g/mol. The van der Waals surface area contributed by atoms with Gasteiger partial charge in [-0.2, -0.15) is 0 Å². The van der Waals surface area contributed by atoms with E-state index in [4.69, 9.17) is 4.74 Å². The minimum atomic E-state index is -0.234. The highest BCUT2D eigenvalue weighted by Crippen LogP contribution is 2.45. The Morgan fingerprint density at radius 3 is 2.21 bits per heavy atom. The van der Waals surface area contributed by atoms with Crippen LogP contribution in [-0.4, -0.2) is 34.8 Å². The molecule has 2 unspecified atom stereocenters. The van der Waals surface area contributed by atoms with Crippen LogP contribution in [0, 0.1) is 19.8 Å². The zero-order valence-electron chi connectivity index (χ0n) is 14.2. The zero-order valence-corrected chi connectivity index (χ0v) is 14.2. The molecule has 4 aliphatic heterocycles. The van der Waals surface area contributed by atoms with Gasteiger partial charge < -0.3 is 9.64 Å². The number of nitrogens with zero attached hydrogens (tertiary/aromatic N) is 1. The number of ketones is 1. The van der Waals surface area contributed by atoms with E-state index < -0.39 is 0 Å². The van der Waals surface area contributed by atoms with Gasteiger partial charge in [-0.1, -0.05) is 23.8 Å². The first-order chi connectivity index (χ1) is 11.4. The van der Waals surface area contributed by atoms with E-state index in [0.29, 0.717) is 23.3 Å². The van der Waals surface area contributed by atoms with Gasteiger partial charge in [0.15, 0.2) is 5.78 Å². The van der Waals surface area contributed by atoms with Crippen molar-refractivity contribution in [3.05, 3.63) is 47.2 Å². The van der Waals surface area contributed by atoms with Crippen molar-refractivity contribution in [3.63, 3.8) is 0 Å². The number of benzene rings is 1. The number of aryl methyl sites for hydroxylation is 2. The fraction of sp³-hybridized carbons (Fsp3) is 0.500. The van der Waals surface area contributed by atoms with Crippen molar-refractivity contribution in [2.24, 2.45) is 5.92 Å². The number of piperidine rings is 4. The molecule has 1 aromatic rings. The van der Waals surface area contributed by atoms with E-state index in [9.17, 15) is 9.59 Å². The summed E-state index contributed by atoms with van der Waals surface area (Å²) in [5, 5.41) is 0. The summed E-state index contributed by atoms with van der Waals surface area (Å²) in [7, 11) is 0. The minimum Gasteiger partial charge on any atom is -0.459 e. The molecule has 0 N–H and O–H groups in total. The molecular weight excluding hydrogens is 302 g/mol. The van der Waals surface area contributed by atoms with Crippen molar-refractivity contribution >= 4 is 11.8 Å². The molecule has 4 nitrogen and oxygen atoms in total. The van der Waals surface area contributed by atoms with Crippen LogP contribution in [0.15, 0.2) is 30.5 Å². The van der Waals surface area contributed by atoms with Crippen LogP contribution in [0.2, 0.25) is 0 Å². The Morgan fingerprint density at radius 1 is 1.08 bits per heavy atom. The summed E-state index contributed by atoms with van der Waals surface area (Å²) in [6.45, 7) is 7.96. The lowest BCUT2D eigenvalue weighted by atomic mass is 9.70. The zero-order chi connectivity index (χ0) is 17.0. The topological polar surface area (TPSA) is 46.6 Å². The standard InChI is InChI=1S/C20H23NO3/c1-11-4-12(2)6-15(5-11)20(23)24-18-9-16-7-14-8-17(10-18)21(16)13(3)19(14)22/h4-6,14,16-18H,3,7-10H2,1-2H3. The highest BCUT2D eigenvalue weighted by atomic mass is 16.5. The minimum absolute atomic E-state index is 0.0634. The van der Waals surface area contributed by atoms with Crippen LogP contribution < -0.4 is 0 Å². The first kappa shape index (κ1) is 15.4. The number of esters is 1. The van der Waals surface area contributed by atoms with Crippen molar-refractivity contribution in [2.75, 3.05) is 0 Å². The molecule has 4 bridgehead atoms. The molecule has 126 valence electrons. The molecule has 4 heterocycles. The predicted octanol–water partition coefficient (Wildman–Crippen LogP) is 3.17. The maximum atomic E-state index is 12.5. The molecule has 4 fully saturated rings. The molecule has 1 aromatic carbocycles. The van der Waals surface area contributed by atoms with Gasteiger partial charge in [-0.25, -0.2) is 4.79 Å². The van der Waals surface area contributed by atoms with E-state index >= 15 is 0 Å². The van der Waals surface area contributed by atoms with E-state index in [-0.39, 0.29) is 23.8 Å². The molecule has 4 heteroatoms. The van der Waals surface area contributed by atoms with Gasteiger partial charge in [-0.3, -0.25) is 4.79 Å². The highest BCUT2D eigenvalue weighted by Gasteiger charge is 2.50. The summed E-state index contributed by atoms with van der Waals surface area (Å²) in [5.74, 6) is 0.114. The van der Waals surface area contributed by atoms with Gasteiger partial charge in [0.25, 0.3) is 0 Å². The summed E-state index contributed by atoms with van der Waals surface area (Å²) < 4.78 is 5.81. The second-order valence-electron chi connectivity index (χ2n) is 7.57. The van der Waals surface area contributed by atoms with E-state index in [1.165, 1.54) is 0 Å². The number of hydrogen-bond acceptors (Lipinski definition) is 4. The van der Waals surface area contributed by atoms with Gasteiger partial charge in [-0.05, 0) is 38.8 Å². The smallest absolute Gasteiger partial charge is 0.338 e. The van der Waals surface area contributed by atoms with Crippen LogP contribution in [-0.2, 0) is 9.53 Å². The molecule has 0 aliphatic carbocycles. The summed E-state index contributed by atoms with van der Waals surface area (Å²) >= 11 is 0. The second kappa shape index (κ2) is 5.47. The van der Waals surface area contributed by atoms with Crippen LogP contribution in [0.4, 0.5) is 0 Å². The maximum Gasteiger partial charge on any atom is 0.338 e. The van der Waals surface area contributed by atoms with Crippen molar-refractivity contribution in [1.29, 1.82) is 0 Å². The first-order valence-corrected chi connectivity index (χ1v) is 8.73. The molecule has 4 aliphatic rings. The first-order valence-electron chi connectivity index (χ1n) is 8.73. The Balaban J connectivity index is 1.47. The highest BCUT2D eigenvalue weighted by molar-refractivity contribution is 5.98. The molecule has 4 saturated heterocycles. The van der Waals surface area contributed by atoms with E-state index in [0.717, 1.165) is 36.8 Å². The molecule has 5 rings (SSSR count). The summed E-state index contributed by atoms with van der Waals surface area (Å²) in [6.07, 6.45) is 3.30. The summed E-state index contributed by atoms with van der Waals surface area (Å²) in [6, 6.07) is 6.40. The number of rotatable bonds is 2.